The molecular weight excluding hydrogens is 324 g/mol. The first-order valence-electron chi connectivity index (χ1n) is 11.1. The molecule has 4 aliphatic rings. The third-order valence-corrected chi connectivity index (χ3v) is 6.81. The van der Waals surface area contributed by atoms with Crippen molar-refractivity contribution in [3.05, 3.63) is 0 Å². The number of amides is 1. The Kier molecular flexibility index (Phi) is 5.70. The summed E-state index contributed by atoms with van der Waals surface area (Å²) in [5, 5.41) is 7.36. The van der Waals surface area contributed by atoms with E-state index >= 15 is 0 Å². The topological polar surface area (TPSA) is 56.7 Å². The van der Waals surface area contributed by atoms with E-state index in [1.807, 2.05) is 0 Å². The van der Waals surface area contributed by atoms with Crippen LogP contribution in [-0.2, 0) is 4.79 Å². The second-order valence-electron chi connectivity index (χ2n) is 8.89. The fraction of sp³-hybridized carbons (Fsp3) is 0.905. The molecule has 1 heterocycles. The Labute approximate surface area is 158 Å². The van der Waals surface area contributed by atoms with Gasteiger partial charge in [0.2, 0.25) is 5.91 Å². The molecule has 3 aliphatic carbocycles. The first-order valence-corrected chi connectivity index (χ1v) is 11.1. The molecule has 2 N–H and O–H groups in total. The average molecular weight is 361 g/mol. The molecule has 2 atom stereocenters. The van der Waals surface area contributed by atoms with Gasteiger partial charge in [-0.1, -0.05) is 32.1 Å². The number of carbonyl (C=O) groups excluding carboxylic acids is 1. The average Bonchev–Trinajstić information content (AvgIpc) is 3.57. The summed E-state index contributed by atoms with van der Waals surface area (Å²) in [6.45, 7) is 4.72. The molecule has 0 spiro atoms. The van der Waals surface area contributed by atoms with E-state index in [0.717, 1.165) is 63.1 Å². The van der Waals surface area contributed by atoms with Gasteiger partial charge in [-0.2, -0.15) is 0 Å². The van der Waals surface area contributed by atoms with Crippen LogP contribution in [0.15, 0.2) is 4.99 Å². The summed E-state index contributed by atoms with van der Waals surface area (Å²) in [5.74, 6) is 3.57. The van der Waals surface area contributed by atoms with Crippen LogP contribution in [0.4, 0.5) is 0 Å². The molecule has 26 heavy (non-hydrogen) atoms. The summed E-state index contributed by atoms with van der Waals surface area (Å²) >= 11 is 0. The van der Waals surface area contributed by atoms with Gasteiger partial charge in [0.15, 0.2) is 5.96 Å². The van der Waals surface area contributed by atoms with Gasteiger partial charge in [-0.25, -0.2) is 0 Å². The zero-order chi connectivity index (χ0) is 17.9. The Balaban J connectivity index is 1.22. The molecule has 3 saturated carbocycles. The first kappa shape index (κ1) is 18.1. The van der Waals surface area contributed by atoms with Crippen LogP contribution in [0.5, 0.6) is 0 Å². The van der Waals surface area contributed by atoms with Crippen molar-refractivity contribution in [2.75, 3.05) is 19.6 Å². The lowest BCUT2D eigenvalue weighted by atomic mass is 9.85. The van der Waals surface area contributed by atoms with Crippen molar-refractivity contribution in [1.29, 1.82) is 0 Å². The number of hydrogen-bond acceptors (Lipinski definition) is 2. The minimum Gasteiger partial charge on any atom is -0.354 e. The lowest BCUT2D eigenvalue weighted by Gasteiger charge is -2.33. The van der Waals surface area contributed by atoms with Gasteiger partial charge in [0.1, 0.15) is 0 Å². The minimum atomic E-state index is 0.352. The van der Waals surface area contributed by atoms with Crippen molar-refractivity contribution >= 4 is 11.9 Å². The van der Waals surface area contributed by atoms with Gasteiger partial charge < -0.3 is 15.5 Å². The Morgan fingerprint density at radius 3 is 2.38 bits per heavy atom. The number of carbonyl (C=O) groups is 1. The lowest BCUT2D eigenvalue weighted by molar-refractivity contribution is -0.133. The van der Waals surface area contributed by atoms with Crippen LogP contribution < -0.4 is 10.6 Å². The van der Waals surface area contributed by atoms with Gasteiger partial charge in [0, 0.05) is 37.6 Å². The zero-order valence-corrected chi connectivity index (χ0v) is 16.4. The maximum atomic E-state index is 12.2. The number of nitrogens with one attached hydrogen (secondary N) is 2. The molecule has 1 saturated heterocycles. The first-order chi connectivity index (χ1) is 12.7. The summed E-state index contributed by atoms with van der Waals surface area (Å²) in [7, 11) is 0. The van der Waals surface area contributed by atoms with Crippen molar-refractivity contribution in [3.63, 3.8) is 0 Å². The lowest BCUT2D eigenvalue weighted by Crippen LogP contribution is -2.50. The van der Waals surface area contributed by atoms with Crippen molar-refractivity contribution in [1.82, 2.24) is 15.5 Å². The molecule has 2 unspecified atom stereocenters. The summed E-state index contributed by atoms with van der Waals surface area (Å²) < 4.78 is 0. The molecule has 0 aromatic heterocycles. The van der Waals surface area contributed by atoms with E-state index in [2.05, 4.69) is 27.4 Å². The highest BCUT2D eigenvalue weighted by Gasteiger charge is 2.43. The molecular formula is C21H36N4O. The number of hydrogen-bond donors (Lipinski definition) is 2. The number of guanidine groups is 1. The number of rotatable bonds is 5. The zero-order valence-electron chi connectivity index (χ0n) is 16.4. The smallest absolute Gasteiger partial charge is 0.225 e. The van der Waals surface area contributed by atoms with E-state index < -0.39 is 0 Å². The van der Waals surface area contributed by atoms with Gasteiger partial charge in [0.25, 0.3) is 0 Å². The Bertz CT molecular complexity index is 516. The highest BCUT2D eigenvalue weighted by atomic mass is 16.2. The molecule has 146 valence electrons. The Hall–Kier alpha value is -1.26. The Morgan fingerprint density at radius 2 is 1.73 bits per heavy atom. The second kappa shape index (κ2) is 8.18. The fourth-order valence-corrected chi connectivity index (χ4v) is 4.96. The molecule has 5 heteroatoms. The van der Waals surface area contributed by atoms with Gasteiger partial charge >= 0.3 is 0 Å². The Morgan fingerprint density at radius 1 is 1.00 bits per heavy atom. The fourth-order valence-electron chi connectivity index (χ4n) is 4.96. The largest absolute Gasteiger partial charge is 0.354 e. The number of piperidine rings is 1. The molecule has 4 rings (SSSR count). The molecule has 0 aromatic carbocycles. The summed E-state index contributed by atoms with van der Waals surface area (Å²) in [5.41, 5.74) is 0. The van der Waals surface area contributed by atoms with Gasteiger partial charge in [-0.15, -0.1) is 0 Å². The van der Waals surface area contributed by atoms with Crippen molar-refractivity contribution in [2.24, 2.45) is 22.7 Å². The van der Waals surface area contributed by atoms with E-state index in [1.54, 1.807) is 0 Å². The van der Waals surface area contributed by atoms with E-state index in [1.165, 1.54) is 38.5 Å². The van der Waals surface area contributed by atoms with Crippen LogP contribution in [0.2, 0.25) is 0 Å². The van der Waals surface area contributed by atoms with Crippen LogP contribution in [0.1, 0.15) is 71.1 Å². The maximum Gasteiger partial charge on any atom is 0.225 e. The normalized spacial score (nSPS) is 31.0. The highest BCUT2D eigenvalue weighted by molar-refractivity contribution is 5.82. The van der Waals surface area contributed by atoms with Crippen molar-refractivity contribution in [2.45, 2.75) is 83.2 Å². The number of nitrogens with zero attached hydrogens (tertiary/aromatic N) is 2. The number of likely N-dealkylation sites (tertiary alicyclic amines) is 1. The quantitative estimate of drug-likeness (QED) is 0.585. The SMILES string of the molecule is CCN=C(NC1CCN(C(=O)C2CC2)CC1)NC1CC1C1CCCCC1. The van der Waals surface area contributed by atoms with Crippen LogP contribution in [0.25, 0.3) is 0 Å². The third-order valence-electron chi connectivity index (χ3n) is 6.81. The van der Waals surface area contributed by atoms with Crippen molar-refractivity contribution in [3.8, 4) is 0 Å². The van der Waals surface area contributed by atoms with E-state index in [4.69, 9.17) is 0 Å². The predicted octanol–water partition coefficient (Wildman–Crippen LogP) is 2.91. The molecule has 1 amide bonds. The van der Waals surface area contributed by atoms with Gasteiger partial charge in [-0.05, 0) is 50.9 Å². The highest BCUT2D eigenvalue weighted by Crippen LogP contribution is 2.44. The molecule has 5 nitrogen and oxygen atoms in total. The van der Waals surface area contributed by atoms with Crippen LogP contribution in [0, 0.1) is 17.8 Å². The van der Waals surface area contributed by atoms with E-state index in [0.29, 0.717) is 23.9 Å². The molecule has 1 aliphatic heterocycles. The van der Waals surface area contributed by atoms with Crippen LogP contribution in [-0.4, -0.2) is 48.5 Å². The third kappa shape index (κ3) is 4.52. The molecule has 0 bridgehead atoms. The second-order valence-corrected chi connectivity index (χ2v) is 8.89. The van der Waals surface area contributed by atoms with Gasteiger partial charge in [0.05, 0.1) is 0 Å². The number of aliphatic imine (C=N–C) groups is 1. The maximum absolute atomic E-state index is 12.2. The summed E-state index contributed by atoms with van der Waals surface area (Å²) in [6, 6.07) is 1.08. The monoisotopic (exact) mass is 360 g/mol. The molecule has 0 aromatic rings. The molecule has 0 radical (unpaired) electrons. The predicted molar refractivity (Wildman–Crippen MR) is 105 cm³/mol. The summed E-state index contributed by atoms with van der Waals surface area (Å²) in [4.78, 5) is 19.0. The van der Waals surface area contributed by atoms with Crippen LogP contribution in [0.3, 0.4) is 0 Å². The van der Waals surface area contributed by atoms with E-state index in [-0.39, 0.29) is 0 Å². The minimum absolute atomic E-state index is 0.352. The van der Waals surface area contributed by atoms with Gasteiger partial charge in [-0.3, -0.25) is 9.79 Å². The summed E-state index contributed by atoms with van der Waals surface area (Å²) in [6.07, 6.45) is 12.8. The standard InChI is InChI=1S/C21H36N4O/c1-2-22-21(24-19-14-18(19)15-6-4-3-5-7-15)23-17-10-12-25(13-11-17)20(26)16-8-9-16/h15-19H,2-14H2,1H3,(H2,22,23,24). The van der Waals surface area contributed by atoms with Crippen molar-refractivity contribution < 1.29 is 4.79 Å². The van der Waals surface area contributed by atoms with E-state index in [9.17, 15) is 4.79 Å². The van der Waals surface area contributed by atoms with Crippen LogP contribution >= 0.6 is 0 Å². The molecule has 4 fully saturated rings.